The SMILES string of the molecule is CCc1nc(N)nc(N)c1C#CC(C)(C)c1ccc(C(F)(F)F)cn1. The van der Waals surface area contributed by atoms with Crippen LogP contribution in [-0.4, -0.2) is 15.0 Å². The van der Waals surface area contributed by atoms with Crippen LogP contribution < -0.4 is 11.5 Å². The minimum atomic E-state index is -4.42. The molecule has 0 aromatic carbocycles. The number of aromatic nitrogens is 3. The van der Waals surface area contributed by atoms with Gasteiger partial charge in [-0.15, -0.1) is 0 Å². The molecule has 0 fully saturated rings. The highest BCUT2D eigenvalue weighted by Gasteiger charge is 2.31. The van der Waals surface area contributed by atoms with Crippen LogP contribution in [-0.2, 0) is 18.0 Å². The van der Waals surface area contributed by atoms with Crippen LogP contribution in [0.5, 0.6) is 0 Å². The molecule has 0 atom stereocenters. The van der Waals surface area contributed by atoms with E-state index in [2.05, 4.69) is 26.8 Å². The molecule has 0 radical (unpaired) electrons. The molecule has 0 aliphatic rings. The zero-order chi connectivity index (χ0) is 18.8. The van der Waals surface area contributed by atoms with Gasteiger partial charge in [-0.2, -0.15) is 18.2 Å². The zero-order valence-electron chi connectivity index (χ0n) is 14.1. The molecule has 0 saturated heterocycles. The number of hydrogen-bond donors (Lipinski definition) is 2. The molecule has 0 bridgehead atoms. The van der Waals surface area contributed by atoms with E-state index < -0.39 is 17.2 Å². The Labute approximate surface area is 143 Å². The highest BCUT2D eigenvalue weighted by molar-refractivity contribution is 5.56. The van der Waals surface area contributed by atoms with Gasteiger partial charge in [0.25, 0.3) is 0 Å². The molecule has 0 unspecified atom stereocenters. The Hall–Kier alpha value is -2.82. The van der Waals surface area contributed by atoms with Crippen LogP contribution in [0.15, 0.2) is 18.3 Å². The van der Waals surface area contributed by atoms with Crippen molar-refractivity contribution in [1.82, 2.24) is 15.0 Å². The van der Waals surface area contributed by atoms with Crippen molar-refractivity contribution < 1.29 is 13.2 Å². The largest absolute Gasteiger partial charge is 0.417 e. The molecule has 0 aliphatic heterocycles. The molecule has 0 spiro atoms. The lowest BCUT2D eigenvalue weighted by atomic mass is 9.89. The molecule has 0 aliphatic carbocycles. The van der Waals surface area contributed by atoms with Crippen molar-refractivity contribution in [2.24, 2.45) is 0 Å². The molecule has 5 nitrogen and oxygen atoms in total. The fourth-order valence-electron chi connectivity index (χ4n) is 2.15. The number of halogens is 3. The number of nitrogens with zero attached hydrogens (tertiary/aromatic N) is 3. The maximum atomic E-state index is 12.6. The lowest BCUT2D eigenvalue weighted by Crippen LogP contribution is -2.17. The van der Waals surface area contributed by atoms with Crippen LogP contribution in [0.2, 0.25) is 0 Å². The molecular weight excluding hydrogens is 331 g/mol. The topological polar surface area (TPSA) is 90.7 Å². The van der Waals surface area contributed by atoms with Gasteiger partial charge in [0, 0.05) is 6.20 Å². The van der Waals surface area contributed by atoms with E-state index >= 15 is 0 Å². The van der Waals surface area contributed by atoms with Crippen molar-refractivity contribution in [1.29, 1.82) is 0 Å². The third kappa shape index (κ3) is 4.18. The molecule has 132 valence electrons. The summed E-state index contributed by atoms with van der Waals surface area (Å²) >= 11 is 0. The van der Waals surface area contributed by atoms with E-state index in [9.17, 15) is 13.2 Å². The van der Waals surface area contributed by atoms with E-state index in [1.807, 2.05) is 6.92 Å². The smallest absolute Gasteiger partial charge is 0.382 e. The first-order valence-electron chi connectivity index (χ1n) is 7.53. The standard InChI is InChI=1S/C17H18F3N5/c1-4-12-11(14(21)25-15(22)24-12)7-8-16(2,3)13-6-5-10(9-23-13)17(18,19)20/h5-6,9H,4H2,1-3H3,(H4,21,22,24,25). The quantitative estimate of drug-likeness (QED) is 0.814. The Balaban J connectivity index is 2.39. The number of nitrogens with two attached hydrogens (primary N) is 2. The van der Waals surface area contributed by atoms with Gasteiger partial charge in [-0.05, 0) is 32.4 Å². The second-order valence-corrected chi connectivity index (χ2v) is 5.95. The van der Waals surface area contributed by atoms with Crippen molar-refractivity contribution in [3.8, 4) is 11.8 Å². The predicted molar refractivity (Wildman–Crippen MR) is 89.4 cm³/mol. The van der Waals surface area contributed by atoms with Gasteiger partial charge in [-0.25, -0.2) is 4.98 Å². The zero-order valence-corrected chi connectivity index (χ0v) is 14.1. The Morgan fingerprint density at radius 1 is 1.12 bits per heavy atom. The summed E-state index contributed by atoms with van der Waals surface area (Å²) in [4.78, 5) is 11.9. The van der Waals surface area contributed by atoms with Gasteiger partial charge in [-0.3, -0.25) is 4.98 Å². The predicted octanol–water partition coefficient (Wildman–Crippen LogP) is 2.95. The normalized spacial score (nSPS) is 11.8. The summed E-state index contributed by atoms with van der Waals surface area (Å²) in [6.07, 6.45) is -3.05. The van der Waals surface area contributed by atoms with Crippen molar-refractivity contribution in [3.05, 3.63) is 40.8 Å². The highest BCUT2D eigenvalue weighted by atomic mass is 19.4. The van der Waals surface area contributed by atoms with Crippen LogP contribution in [0.4, 0.5) is 24.9 Å². The minimum absolute atomic E-state index is 0.0727. The fraction of sp³-hybridized carbons (Fsp3) is 0.353. The second-order valence-electron chi connectivity index (χ2n) is 5.95. The first-order valence-corrected chi connectivity index (χ1v) is 7.53. The van der Waals surface area contributed by atoms with Crippen molar-refractivity contribution in [2.45, 2.75) is 38.8 Å². The number of alkyl halides is 3. The summed E-state index contributed by atoms with van der Waals surface area (Å²) in [5.74, 6) is 6.16. The molecule has 2 aromatic rings. The van der Waals surface area contributed by atoms with Gasteiger partial charge < -0.3 is 11.5 Å². The van der Waals surface area contributed by atoms with E-state index in [-0.39, 0.29) is 11.8 Å². The molecule has 0 amide bonds. The monoisotopic (exact) mass is 349 g/mol. The minimum Gasteiger partial charge on any atom is -0.382 e. The summed E-state index contributed by atoms with van der Waals surface area (Å²) in [7, 11) is 0. The number of pyridine rings is 1. The first kappa shape index (κ1) is 18.5. The van der Waals surface area contributed by atoms with Crippen LogP contribution in [0.3, 0.4) is 0 Å². The molecule has 2 rings (SSSR count). The molecule has 25 heavy (non-hydrogen) atoms. The number of nitrogen functional groups attached to an aromatic ring is 2. The lowest BCUT2D eigenvalue weighted by Gasteiger charge is -2.18. The molecule has 2 heterocycles. The van der Waals surface area contributed by atoms with E-state index in [0.717, 1.165) is 12.3 Å². The molecule has 0 saturated carbocycles. The van der Waals surface area contributed by atoms with Gasteiger partial charge in [0.15, 0.2) is 0 Å². The highest BCUT2D eigenvalue weighted by Crippen LogP contribution is 2.30. The van der Waals surface area contributed by atoms with Gasteiger partial charge in [0.2, 0.25) is 5.95 Å². The van der Waals surface area contributed by atoms with Crippen LogP contribution >= 0.6 is 0 Å². The average Bonchev–Trinajstić information content (AvgIpc) is 2.52. The first-order chi connectivity index (χ1) is 11.5. The van der Waals surface area contributed by atoms with Gasteiger partial charge in [0.1, 0.15) is 5.82 Å². The van der Waals surface area contributed by atoms with Crippen LogP contribution in [0.1, 0.15) is 43.3 Å². The molecular formula is C17H18F3N5. The van der Waals surface area contributed by atoms with Crippen LogP contribution in [0.25, 0.3) is 0 Å². The maximum absolute atomic E-state index is 12.6. The Kier molecular flexibility index (Phi) is 4.88. The average molecular weight is 349 g/mol. The third-order valence-electron chi connectivity index (χ3n) is 3.60. The third-order valence-corrected chi connectivity index (χ3v) is 3.60. The van der Waals surface area contributed by atoms with E-state index in [0.29, 0.717) is 23.4 Å². The van der Waals surface area contributed by atoms with E-state index in [4.69, 9.17) is 11.5 Å². The number of rotatable bonds is 2. The number of hydrogen-bond acceptors (Lipinski definition) is 5. The summed E-state index contributed by atoms with van der Waals surface area (Å²) in [5, 5.41) is 0. The lowest BCUT2D eigenvalue weighted by molar-refractivity contribution is -0.137. The molecule has 2 aromatic heterocycles. The summed E-state index contributed by atoms with van der Waals surface area (Å²) < 4.78 is 37.9. The van der Waals surface area contributed by atoms with Gasteiger partial charge in [0.05, 0.1) is 27.9 Å². The van der Waals surface area contributed by atoms with Crippen molar-refractivity contribution >= 4 is 11.8 Å². The molecule has 8 heteroatoms. The van der Waals surface area contributed by atoms with E-state index in [1.54, 1.807) is 13.8 Å². The van der Waals surface area contributed by atoms with Crippen molar-refractivity contribution in [2.75, 3.05) is 11.5 Å². The fourth-order valence-corrected chi connectivity index (χ4v) is 2.15. The van der Waals surface area contributed by atoms with E-state index in [1.165, 1.54) is 6.07 Å². The summed E-state index contributed by atoms with van der Waals surface area (Å²) in [5.41, 5.74) is 11.3. The maximum Gasteiger partial charge on any atom is 0.417 e. The second kappa shape index (κ2) is 6.59. The Bertz CT molecular complexity index is 830. The Morgan fingerprint density at radius 3 is 2.32 bits per heavy atom. The van der Waals surface area contributed by atoms with Gasteiger partial charge >= 0.3 is 6.18 Å². The number of aryl methyl sites for hydroxylation is 1. The summed E-state index contributed by atoms with van der Waals surface area (Å²) in [6.45, 7) is 5.40. The Morgan fingerprint density at radius 2 is 1.80 bits per heavy atom. The number of anilines is 2. The van der Waals surface area contributed by atoms with Gasteiger partial charge in [-0.1, -0.05) is 18.8 Å². The van der Waals surface area contributed by atoms with Crippen molar-refractivity contribution in [3.63, 3.8) is 0 Å². The summed E-state index contributed by atoms with van der Waals surface area (Å²) in [6, 6.07) is 2.31. The van der Waals surface area contributed by atoms with Crippen LogP contribution in [0, 0.1) is 11.8 Å². The molecule has 4 N–H and O–H groups in total.